The van der Waals surface area contributed by atoms with Crippen molar-refractivity contribution in [3.63, 3.8) is 0 Å². The van der Waals surface area contributed by atoms with Crippen molar-refractivity contribution in [3.05, 3.63) is 23.3 Å². The smallest absolute Gasteiger partial charge is 0.338 e. The Bertz CT molecular complexity index is 477. The van der Waals surface area contributed by atoms with Crippen LogP contribution in [0.15, 0.2) is 12.1 Å². The average molecular weight is 250 g/mol. The fourth-order valence-corrected chi connectivity index (χ4v) is 2.18. The minimum absolute atomic E-state index is 0.241. The molecule has 0 saturated carbocycles. The van der Waals surface area contributed by atoms with Gasteiger partial charge in [0, 0.05) is 5.56 Å². The predicted molar refractivity (Wildman–Crippen MR) is 67.4 cm³/mol. The molecule has 0 unspecified atom stereocenters. The molecule has 0 radical (unpaired) electrons. The summed E-state index contributed by atoms with van der Waals surface area (Å²) in [5.41, 5.74) is 1.19. The molecule has 0 amide bonds. The van der Waals surface area contributed by atoms with Gasteiger partial charge in [0.25, 0.3) is 0 Å². The standard InChI is InChI=1S/C14H18O4/c1-14(2)8-7-9-10(13(15)17-4)5-6-11(16-3)12(9)18-14/h5-6H,7-8H2,1-4H3. The number of hydrogen-bond donors (Lipinski definition) is 0. The SMILES string of the molecule is COC(=O)c1ccc(OC)c2c1CCC(C)(C)O2. The highest BCUT2D eigenvalue weighted by atomic mass is 16.5. The molecule has 0 N–H and O–H groups in total. The van der Waals surface area contributed by atoms with E-state index < -0.39 is 0 Å². The number of benzene rings is 1. The van der Waals surface area contributed by atoms with Crippen molar-refractivity contribution in [2.45, 2.75) is 32.3 Å². The van der Waals surface area contributed by atoms with Gasteiger partial charge in [0.2, 0.25) is 0 Å². The van der Waals surface area contributed by atoms with E-state index in [0.29, 0.717) is 17.1 Å². The van der Waals surface area contributed by atoms with E-state index in [2.05, 4.69) is 0 Å². The molecule has 1 aliphatic heterocycles. The van der Waals surface area contributed by atoms with Gasteiger partial charge in [-0.15, -0.1) is 0 Å². The molecule has 0 atom stereocenters. The molecular formula is C14H18O4. The van der Waals surface area contributed by atoms with Crippen molar-refractivity contribution < 1.29 is 19.0 Å². The van der Waals surface area contributed by atoms with Crippen molar-refractivity contribution in [2.24, 2.45) is 0 Å². The summed E-state index contributed by atoms with van der Waals surface area (Å²) in [6.45, 7) is 4.06. The van der Waals surface area contributed by atoms with Crippen LogP contribution in [-0.4, -0.2) is 25.8 Å². The van der Waals surface area contributed by atoms with Crippen LogP contribution in [0.3, 0.4) is 0 Å². The summed E-state index contributed by atoms with van der Waals surface area (Å²) in [6, 6.07) is 3.47. The summed E-state index contributed by atoms with van der Waals surface area (Å²) in [5.74, 6) is 0.985. The third-order valence-electron chi connectivity index (χ3n) is 3.21. The fourth-order valence-electron chi connectivity index (χ4n) is 2.18. The first-order valence-corrected chi connectivity index (χ1v) is 5.95. The van der Waals surface area contributed by atoms with Crippen LogP contribution in [0.25, 0.3) is 0 Å². The molecule has 4 heteroatoms. The monoisotopic (exact) mass is 250 g/mol. The maximum Gasteiger partial charge on any atom is 0.338 e. The third-order valence-corrected chi connectivity index (χ3v) is 3.21. The molecule has 0 spiro atoms. The van der Waals surface area contributed by atoms with Crippen LogP contribution >= 0.6 is 0 Å². The van der Waals surface area contributed by atoms with Crippen molar-refractivity contribution >= 4 is 5.97 Å². The Morgan fingerprint density at radius 2 is 2.06 bits per heavy atom. The Hall–Kier alpha value is -1.71. The Morgan fingerprint density at radius 1 is 1.33 bits per heavy atom. The lowest BCUT2D eigenvalue weighted by molar-refractivity contribution is 0.0582. The highest BCUT2D eigenvalue weighted by Crippen LogP contribution is 2.41. The van der Waals surface area contributed by atoms with Gasteiger partial charge in [0.05, 0.1) is 19.8 Å². The number of ether oxygens (including phenoxy) is 3. The van der Waals surface area contributed by atoms with Gasteiger partial charge >= 0.3 is 5.97 Å². The van der Waals surface area contributed by atoms with Gasteiger partial charge in [-0.1, -0.05) is 0 Å². The number of carbonyl (C=O) groups is 1. The number of rotatable bonds is 2. The topological polar surface area (TPSA) is 44.8 Å². The molecule has 98 valence electrons. The Kier molecular flexibility index (Phi) is 3.20. The van der Waals surface area contributed by atoms with Gasteiger partial charge in [-0.2, -0.15) is 0 Å². The van der Waals surface area contributed by atoms with E-state index in [-0.39, 0.29) is 11.6 Å². The summed E-state index contributed by atoms with van der Waals surface area (Å²) >= 11 is 0. The second kappa shape index (κ2) is 4.52. The zero-order valence-electron chi connectivity index (χ0n) is 11.2. The van der Waals surface area contributed by atoms with Crippen LogP contribution in [0.1, 0.15) is 36.2 Å². The quantitative estimate of drug-likeness (QED) is 0.757. The molecular weight excluding hydrogens is 232 g/mol. The average Bonchev–Trinajstić information content (AvgIpc) is 2.35. The lowest BCUT2D eigenvalue weighted by Gasteiger charge is -2.34. The highest BCUT2D eigenvalue weighted by Gasteiger charge is 2.32. The minimum atomic E-state index is -0.336. The van der Waals surface area contributed by atoms with Crippen molar-refractivity contribution in [1.29, 1.82) is 0 Å². The van der Waals surface area contributed by atoms with E-state index >= 15 is 0 Å². The molecule has 0 saturated heterocycles. The maximum atomic E-state index is 11.7. The van der Waals surface area contributed by atoms with Crippen LogP contribution < -0.4 is 9.47 Å². The van der Waals surface area contributed by atoms with E-state index in [9.17, 15) is 4.79 Å². The van der Waals surface area contributed by atoms with Crippen LogP contribution in [0, 0.1) is 0 Å². The number of methoxy groups -OCH3 is 2. The maximum absolute atomic E-state index is 11.7. The second-order valence-corrected chi connectivity index (χ2v) is 4.98. The second-order valence-electron chi connectivity index (χ2n) is 4.98. The summed E-state index contributed by atoms with van der Waals surface area (Å²) in [5, 5.41) is 0. The molecule has 4 nitrogen and oxygen atoms in total. The van der Waals surface area contributed by atoms with E-state index in [0.717, 1.165) is 18.4 Å². The molecule has 2 rings (SSSR count). The Balaban J connectivity index is 2.54. The van der Waals surface area contributed by atoms with E-state index in [1.165, 1.54) is 7.11 Å². The molecule has 0 fully saturated rings. The highest BCUT2D eigenvalue weighted by molar-refractivity contribution is 5.92. The zero-order chi connectivity index (χ0) is 13.3. The Morgan fingerprint density at radius 3 is 2.67 bits per heavy atom. The number of fused-ring (bicyclic) bond motifs is 1. The van der Waals surface area contributed by atoms with Crippen LogP contribution in [-0.2, 0) is 11.2 Å². The third kappa shape index (κ3) is 2.15. The molecule has 1 aliphatic rings. The summed E-state index contributed by atoms with van der Waals surface area (Å²) < 4.78 is 16.0. The van der Waals surface area contributed by atoms with E-state index in [1.54, 1.807) is 19.2 Å². The van der Waals surface area contributed by atoms with Crippen LogP contribution in [0.5, 0.6) is 11.5 Å². The first kappa shape index (κ1) is 12.7. The zero-order valence-corrected chi connectivity index (χ0v) is 11.2. The van der Waals surface area contributed by atoms with Gasteiger partial charge < -0.3 is 14.2 Å². The van der Waals surface area contributed by atoms with Crippen molar-refractivity contribution in [2.75, 3.05) is 14.2 Å². The summed E-state index contributed by atoms with van der Waals surface area (Å²) in [7, 11) is 2.98. The van der Waals surface area contributed by atoms with E-state index in [1.807, 2.05) is 13.8 Å². The molecule has 1 heterocycles. The number of esters is 1. The molecule has 0 aliphatic carbocycles. The first-order valence-electron chi connectivity index (χ1n) is 5.95. The normalized spacial score (nSPS) is 16.4. The predicted octanol–water partition coefficient (Wildman–Crippen LogP) is 2.59. The summed E-state index contributed by atoms with van der Waals surface area (Å²) in [4.78, 5) is 11.7. The largest absolute Gasteiger partial charge is 0.493 e. The van der Waals surface area contributed by atoms with Crippen LogP contribution in [0.2, 0.25) is 0 Å². The van der Waals surface area contributed by atoms with Crippen LogP contribution in [0.4, 0.5) is 0 Å². The number of carbonyl (C=O) groups excluding carboxylic acids is 1. The Labute approximate surface area is 107 Å². The number of hydrogen-bond acceptors (Lipinski definition) is 4. The first-order chi connectivity index (χ1) is 8.48. The van der Waals surface area contributed by atoms with Gasteiger partial charge in [-0.3, -0.25) is 0 Å². The molecule has 1 aromatic rings. The van der Waals surface area contributed by atoms with Gasteiger partial charge in [-0.25, -0.2) is 4.79 Å². The molecule has 18 heavy (non-hydrogen) atoms. The fraction of sp³-hybridized carbons (Fsp3) is 0.500. The van der Waals surface area contributed by atoms with Gasteiger partial charge in [-0.05, 0) is 38.8 Å². The minimum Gasteiger partial charge on any atom is -0.493 e. The van der Waals surface area contributed by atoms with Gasteiger partial charge in [0.1, 0.15) is 5.60 Å². The molecule has 0 aromatic heterocycles. The van der Waals surface area contributed by atoms with Gasteiger partial charge in [0.15, 0.2) is 11.5 Å². The molecule has 0 bridgehead atoms. The van der Waals surface area contributed by atoms with Crippen molar-refractivity contribution in [3.8, 4) is 11.5 Å². The van der Waals surface area contributed by atoms with Crippen molar-refractivity contribution in [1.82, 2.24) is 0 Å². The molecule has 1 aromatic carbocycles. The van der Waals surface area contributed by atoms with E-state index in [4.69, 9.17) is 14.2 Å². The summed E-state index contributed by atoms with van der Waals surface area (Å²) in [6.07, 6.45) is 1.64. The lowest BCUT2D eigenvalue weighted by Crippen LogP contribution is -2.33. The lowest BCUT2D eigenvalue weighted by atomic mass is 9.91.